The van der Waals surface area contributed by atoms with E-state index in [1.807, 2.05) is 6.92 Å². The number of carboxylic acids is 1. The highest BCUT2D eigenvalue weighted by atomic mass is 19.2. The molecule has 1 aliphatic rings. The number of rotatable bonds is 5. The molecule has 2 rings (SSSR count). The number of likely N-dealkylation sites (tertiary alicyclic amines) is 1. The first kappa shape index (κ1) is 15.9. The first-order valence-electron chi connectivity index (χ1n) is 7.38. The lowest BCUT2D eigenvalue weighted by molar-refractivity contribution is -0.137. The maximum atomic E-state index is 13.9. The van der Waals surface area contributed by atoms with E-state index in [2.05, 4.69) is 4.90 Å². The zero-order valence-corrected chi connectivity index (χ0v) is 12.2. The lowest BCUT2D eigenvalue weighted by Crippen LogP contribution is -2.37. The lowest BCUT2D eigenvalue weighted by Gasteiger charge is -2.37. The van der Waals surface area contributed by atoms with Crippen LogP contribution in [0.4, 0.5) is 8.78 Å². The number of carboxylic acid groups (broad SMARTS) is 1. The normalized spacial score (nSPS) is 21.2. The van der Waals surface area contributed by atoms with Crippen molar-refractivity contribution in [3.8, 4) is 0 Å². The molecule has 1 N–H and O–H groups in total. The number of aliphatic carboxylic acids is 1. The Balaban J connectivity index is 2.03. The van der Waals surface area contributed by atoms with E-state index in [1.165, 1.54) is 6.07 Å². The number of nitrogens with zero attached hydrogens (tertiary/aromatic N) is 1. The molecule has 0 saturated carbocycles. The van der Waals surface area contributed by atoms with Crippen LogP contribution in [0.3, 0.4) is 0 Å². The highest BCUT2D eigenvalue weighted by Gasteiger charge is 2.26. The van der Waals surface area contributed by atoms with Gasteiger partial charge in [0.15, 0.2) is 11.6 Å². The van der Waals surface area contributed by atoms with Gasteiger partial charge in [-0.3, -0.25) is 9.69 Å². The first-order chi connectivity index (χ1) is 9.99. The second-order valence-electron chi connectivity index (χ2n) is 5.75. The third-order valence-electron chi connectivity index (χ3n) is 4.30. The average molecular weight is 297 g/mol. The summed E-state index contributed by atoms with van der Waals surface area (Å²) in [5, 5.41) is 8.76. The Bertz CT molecular complexity index is 507. The third kappa shape index (κ3) is 4.00. The molecule has 0 aromatic heterocycles. The van der Waals surface area contributed by atoms with Crippen molar-refractivity contribution in [2.24, 2.45) is 5.92 Å². The fourth-order valence-corrected chi connectivity index (χ4v) is 3.05. The van der Waals surface area contributed by atoms with Crippen LogP contribution in [0.25, 0.3) is 0 Å². The summed E-state index contributed by atoms with van der Waals surface area (Å²) in [5.74, 6) is -2.07. The summed E-state index contributed by atoms with van der Waals surface area (Å²) in [5.41, 5.74) is 0.369. The lowest BCUT2D eigenvalue weighted by atomic mass is 9.91. The largest absolute Gasteiger partial charge is 0.481 e. The maximum absolute atomic E-state index is 13.9. The Morgan fingerprint density at radius 1 is 1.48 bits per heavy atom. The number of hydrogen-bond donors (Lipinski definition) is 1. The summed E-state index contributed by atoms with van der Waals surface area (Å²) in [4.78, 5) is 12.8. The second-order valence-corrected chi connectivity index (χ2v) is 5.75. The van der Waals surface area contributed by atoms with E-state index in [-0.39, 0.29) is 12.5 Å². The van der Waals surface area contributed by atoms with Gasteiger partial charge >= 0.3 is 5.97 Å². The quantitative estimate of drug-likeness (QED) is 0.902. The molecular weight excluding hydrogens is 276 g/mol. The van der Waals surface area contributed by atoms with Crippen LogP contribution in [0.2, 0.25) is 0 Å². The SMILES string of the molecule is CC(c1cccc(F)c1F)N1CCCC(CCC(=O)O)C1. The fraction of sp³-hybridized carbons (Fsp3) is 0.562. The van der Waals surface area contributed by atoms with Crippen LogP contribution in [-0.2, 0) is 4.79 Å². The fourth-order valence-electron chi connectivity index (χ4n) is 3.05. The Kier molecular flexibility index (Phi) is 5.28. The van der Waals surface area contributed by atoms with Crippen molar-refractivity contribution in [3.63, 3.8) is 0 Å². The van der Waals surface area contributed by atoms with Gasteiger partial charge in [0, 0.05) is 24.6 Å². The highest BCUT2D eigenvalue weighted by molar-refractivity contribution is 5.66. The third-order valence-corrected chi connectivity index (χ3v) is 4.30. The van der Waals surface area contributed by atoms with E-state index in [9.17, 15) is 13.6 Å². The molecule has 1 fully saturated rings. The van der Waals surface area contributed by atoms with E-state index < -0.39 is 17.6 Å². The molecule has 116 valence electrons. The number of benzene rings is 1. The summed E-state index contributed by atoms with van der Waals surface area (Å²) in [6.07, 6.45) is 2.78. The van der Waals surface area contributed by atoms with Gasteiger partial charge in [0.25, 0.3) is 0 Å². The molecule has 1 aromatic rings. The molecule has 2 unspecified atom stereocenters. The zero-order valence-electron chi connectivity index (χ0n) is 12.2. The Morgan fingerprint density at radius 3 is 2.95 bits per heavy atom. The van der Waals surface area contributed by atoms with Gasteiger partial charge in [-0.2, -0.15) is 0 Å². The van der Waals surface area contributed by atoms with Crippen molar-refractivity contribution in [2.45, 2.75) is 38.6 Å². The minimum Gasteiger partial charge on any atom is -0.481 e. The topological polar surface area (TPSA) is 40.5 Å². The molecule has 1 aromatic carbocycles. The van der Waals surface area contributed by atoms with Crippen molar-refractivity contribution in [2.75, 3.05) is 13.1 Å². The number of piperidine rings is 1. The van der Waals surface area contributed by atoms with E-state index in [0.29, 0.717) is 17.9 Å². The molecule has 0 amide bonds. The molecule has 1 heterocycles. The van der Waals surface area contributed by atoms with Gasteiger partial charge in [0.05, 0.1) is 0 Å². The maximum Gasteiger partial charge on any atom is 0.303 e. The van der Waals surface area contributed by atoms with Gasteiger partial charge in [-0.05, 0) is 44.7 Å². The summed E-state index contributed by atoms with van der Waals surface area (Å²) in [6.45, 7) is 3.45. The van der Waals surface area contributed by atoms with Crippen molar-refractivity contribution in [1.82, 2.24) is 4.90 Å². The molecule has 2 atom stereocenters. The molecule has 0 aliphatic carbocycles. The standard InChI is InChI=1S/C16H21F2NO2/c1-11(13-5-2-6-14(17)16(13)18)19-9-3-4-12(10-19)7-8-15(20)21/h2,5-6,11-12H,3-4,7-10H2,1H3,(H,20,21). The molecule has 3 nitrogen and oxygen atoms in total. The number of carbonyl (C=O) groups is 1. The molecule has 0 spiro atoms. The van der Waals surface area contributed by atoms with Crippen LogP contribution in [0.1, 0.15) is 44.2 Å². The molecule has 0 radical (unpaired) electrons. The van der Waals surface area contributed by atoms with Gasteiger partial charge < -0.3 is 5.11 Å². The van der Waals surface area contributed by atoms with Gasteiger partial charge in [0.2, 0.25) is 0 Å². The van der Waals surface area contributed by atoms with Crippen molar-refractivity contribution in [1.29, 1.82) is 0 Å². The number of hydrogen-bond acceptors (Lipinski definition) is 2. The smallest absolute Gasteiger partial charge is 0.303 e. The number of halogens is 2. The summed E-state index contributed by atoms with van der Waals surface area (Å²) < 4.78 is 27.2. The Hall–Kier alpha value is -1.49. The Labute approximate surface area is 123 Å². The highest BCUT2D eigenvalue weighted by Crippen LogP contribution is 2.30. The van der Waals surface area contributed by atoms with Crippen LogP contribution in [-0.4, -0.2) is 29.1 Å². The van der Waals surface area contributed by atoms with E-state index in [1.54, 1.807) is 6.07 Å². The predicted molar refractivity (Wildman–Crippen MR) is 75.9 cm³/mol. The van der Waals surface area contributed by atoms with Gasteiger partial charge in [-0.1, -0.05) is 12.1 Å². The molecule has 5 heteroatoms. The van der Waals surface area contributed by atoms with Gasteiger partial charge in [-0.15, -0.1) is 0 Å². The molecule has 0 bridgehead atoms. The van der Waals surface area contributed by atoms with Crippen LogP contribution in [0.15, 0.2) is 18.2 Å². The predicted octanol–water partition coefficient (Wildman–Crippen LogP) is 3.60. The van der Waals surface area contributed by atoms with Crippen LogP contribution >= 0.6 is 0 Å². The zero-order chi connectivity index (χ0) is 15.4. The van der Waals surface area contributed by atoms with Crippen LogP contribution in [0, 0.1) is 17.6 Å². The monoisotopic (exact) mass is 297 g/mol. The minimum atomic E-state index is -0.821. The summed E-state index contributed by atoms with van der Waals surface area (Å²) in [6, 6.07) is 4.06. The summed E-state index contributed by atoms with van der Waals surface area (Å²) in [7, 11) is 0. The van der Waals surface area contributed by atoms with E-state index in [4.69, 9.17) is 5.11 Å². The Morgan fingerprint density at radius 2 is 2.24 bits per heavy atom. The minimum absolute atomic E-state index is 0.168. The van der Waals surface area contributed by atoms with Gasteiger partial charge in [-0.25, -0.2) is 8.78 Å². The van der Waals surface area contributed by atoms with Crippen molar-refractivity contribution < 1.29 is 18.7 Å². The van der Waals surface area contributed by atoms with E-state index >= 15 is 0 Å². The van der Waals surface area contributed by atoms with Gasteiger partial charge in [0.1, 0.15) is 0 Å². The van der Waals surface area contributed by atoms with E-state index in [0.717, 1.165) is 32.0 Å². The van der Waals surface area contributed by atoms with Crippen molar-refractivity contribution in [3.05, 3.63) is 35.4 Å². The first-order valence-corrected chi connectivity index (χ1v) is 7.38. The molecule has 21 heavy (non-hydrogen) atoms. The second kappa shape index (κ2) is 6.98. The molecular formula is C16H21F2NO2. The molecule has 1 aliphatic heterocycles. The van der Waals surface area contributed by atoms with Crippen molar-refractivity contribution >= 4 is 5.97 Å². The van der Waals surface area contributed by atoms with Crippen LogP contribution < -0.4 is 0 Å². The van der Waals surface area contributed by atoms with Crippen LogP contribution in [0.5, 0.6) is 0 Å². The average Bonchev–Trinajstić information content (AvgIpc) is 2.47. The molecule has 1 saturated heterocycles. The summed E-state index contributed by atoms with van der Waals surface area (Å²) >= 11 is 0.